The minimum absolute atomic E-state index is 0.217. The Morgan fingerprint density at radius 1 is 1.47 bits per heavy atom. The molecule has 17 heavy (non-hydrogen) atoms. The maximum atomic E-state index is 11.0. The van der Waals surface area contributed by atoms with Crippen molar-refractivity contribution in [2.24, 2.45) is 0 Å². The molecule has 0 aromatic heterocycles. The van der Waals surface area contributed by atoms with Crippen molar-refractivity contribution in [3.8, 4) is 0 Å². The number of hydrogen-bond acceptors (Lipinski definition) is 4. The second-order valence-corrected chi connectivity index (χ2v) is 4.16. The average molecular weight is 237 g/mol. The number of nitrogens with one attached hydrogen (secondary N) is 1. The third-order valence-corrected chi connectivity index (χ3v) is 2.41. The highest BCUT2D eigenvalue weighted by Crippen LogP contribution is 2.23. The molecule has 0 aliphatic heterocycles. The standard InChI is InChI=1S/C12H19N3O2/c1-15(2)8-4-7-14-11-9(12(16)17)5-3-6-10(11)13/h3,5-6,14H,4,7-8,13H2,1-2H3,(H,16,17). The summed E-state index contributed by atoms with van der Waals surface area (Å²) in [7, 11) is 4.00. The van der Waals surface area contributed by atoms with Gasteiger partial charge in [-0.2, -0.15) is 0 Å². The number of hydrogen-bond donors (Lipinski definition) is 3. The molecular formula is C12H19N3O2. The van der Waals surface area contributed by atoms with Gasteiger partial charge in [0.1, 0.15) is 0 Å². The van der Waals surface area contributed by atoms with Gasteiger partial charge in [0.05, 0.1) is 16.9 Å². The lowest BCUT2D eigenvalue weighted by Crippen LogP contribution is -2.17. The van der Waals surface area contributed by atoms with Crippen LogP contribution in [0.3, 0.4) is 0 Å². The van der Waals surface area contributed by atoms with Crippen molar-refractivity contribution in [2.45, 2.75) is 6.42 Å². The quantitative estimate of drug-likeness (QED) is 0.514. The summed E-state index contributed by atoms with van der Waals surface area (Å²) >= 11 is 0. The maximum absolute atomic E-state index is 11.0. The van der Waals surface area contributed by atoms with Crippen LogP contribution < -0.4 is 11.1 Å². The van der Waals surface area contributed by atoms with Gasteiger partial charge in [-0.3, -0.25) is 0 Å². The Balaban J connectivity index is 2.66. The first-order valence-electron chi connectivity index (χ1n) is 5.52. The average Bonchev–Trinajstić information content (AvgIpc) is 2.25. The summed E-state index contributed by atoms with van der Waals surface area (Å²) in [5.41, 5.74) is 6.96. The lowest BCUT2D eigenvalue weighted by molar-refractivity contribution is 0.0698. The van der Waals surface area contributed by atoms with Crippen molar-refractivity contribution in [2.75, 3.05) is 38.2 Å². The predicted molar refractivity (Wildman–Crippen MR) is 69.5 cm³/mol. The van der Waals surface area contributed by atoms with Crippen LogP contribution in [0.5, 0.6) is 0 Å². The minimum Gasteiger partial charge on any atom is -0.478 e. The molecule has 0 fully saturated rings. The van der Waals surface area contributed by atoms with Gasteiger partial charge in [0.2, 0.25) is 0 Å². The second kappa shape index (κ2) is 6.10. The van der Waals surface area contributed by atoms with Crippen molar-refractivity contribution in [3.63, 3.8) is 0 Å². The van der Waals surface area contributed by atoms with E-state index in [1.165, 1.54) is 0 Å². The molecule has 0 amide bonds. The lowest BCUT2D eigenvalue weighted by atomic mass is 10.1. The van der Waals surface area contributed by atoms with E-state index in [4.69, 9.17) is 10.8 Å². The van der Waals surface area contributed by atoms with E-state index in [2.05, 4.69) is 10.2 Å². The number of para-hydroxylation sites is 1. The molecule has 1 aromatic carbocycles. The summed E-state index contributed by atoms with van der Waals surface area (Å²) in [6.07, 6.45) is 0.931. The van der Waals surface area contributed by atoms with Crippen molar-refractivity contribution >= 4 is 17.3 Å². The van der Waals surface area contributed by atoms with Crippen LogP contribution in [0, 0.1) is 0 Å². The molecule has 0 radical (unpaired) electrons. The van der Waals surface area contributed by atoms with Gasteiger partial charge in [-0.25, -0.2) is 4.79 Å². The second-order valence-electron chi connectivity index (χ2n) is 4.16. The number of rotatable bonds is 6. The van der Waals surface area contributed by atoms with Crippen LogP contribution in [0.2, 0.25) is 0 Å². The van der Waals surface area contributed by atoms with E-state index in [1.54, 1.807) is 18.2 Å². The molecule has 0 atom stereocenters. The molecule has 94 valence electrons. The van der Waals surface area contributed by atoms with Crippen LogP contribution >= 0.6 is 0 Å². The number of nitrogens with two attached hydrogens (primary N) is 1. The summed E-state index contributed by atoms with van der Waals surface area (Å²) in [6.45, 7) is 1.65. The molecule has 0 unspecified atom stereocenters. The van der Waals surface area contributed by atoms with E-state index in [0.717, 1.165) is 13.0 Å². The number of anilines is 2. The first-order chi connectivity index (χ1) is 8.02. The van der Waals surface area contributed by atoms with E-state index in [0.29, 0.717) is 17.9 Å². The summed E-state index contributed by atoms with van der Waals surface area (Å²) in [5, 5.41) is 12.1. The fourth-order valence-electron chi connectivity index (χ4n) is 1.55. The molecule has 0 spiro atoms. The fourth-order valence-corrected chi connectivity index (χ4v) is 1.55. The van der Waals surface area contributed by atoms with Crippen LogP contribution in [0.1, 0.15) is 16.8 Å². The van der Waals surface area contributed by atoms with E-state index >= 15 is 0 Å². The first-order valence-corrected chi connectivity index (χ1v) is 5.52. The first kappa shape index (κ1) is 13.3. The number of carboxylic acid groups (broad SMARTS) is 1. The Hall–Kier alpha value is -1.75. The molecule has 1 rings (SSSR count). The largest absolute Gasteiger partial charge is 0.478 e. The molecule has 5 heteroatoms. The van der Waals surface area contributed by atoms with Gasteiger partial charge in [0.25, 0.3) is 0 Å². The Labute approximate surface area is 101 Å². The van der Waals surface area contributed by atoms with Crippen LogP contribution in [0.15, 0.2) is 18.2 Å². The van der Waals surface area contributed by atoms with Gasteiger partial charge < -0.3 is 21.1 Å². The number of carboxylic acids is 1. The molecule has 0 saturated carbocycles. The summed E-state index contributed by atoms with van der Waals surface area (Å²) < 4.78 is 0. The topological polar surface area (TPSA) is 78.6 Å². The monoisotopic (exact) mass is 237 g/mol. The zero-order valence-corrected chi connectivity index (χ0v) is 10.2. The molecule has 5 nitrogen and oxygen atoms in total. The molecule has 4 N–H and O–H groups in total. The van der Waals surface area contributed by atoms with Gasteiger partial charge in [-0.1, -0.05) is 6.07 Å². The lowest BCUT2D eigenvalue weighted by Gasteiger charge is -2.13. The Morgan fingerprint density at radius 3 is 2.76 bits per heavy atom. The van der Waals surface area contributed by atoms with Crippen molar-refractivity contribution in [3.05, 3.63) is 23.8 Å². The van der Waals surface area contributed by atoms with Crippen LogP contribution in [0.4, 0.5) is 11.4 Å². The molecule has 0 saturated heterocycles. The predicted octanol–water partition coefficient (Wildman–Crippen LogP) is 1.33. The van der Waals surface area contributed by atoms with Gasteiger partial charge in [-0.15, -0.1) is 0 Å². The molecular weight excluding hydrogens is 218 g/mol. The van der Waals surface area contributed by atoms with E-state index in [1.807, 2.05) is 14.1 Å². The Bertz CT molecular complexity index is 391. The Kier molecular flexibility index (Phi) is 4.78. The summed E-state index contributed by atoms with van der Waals surface area (Å²) in [5.74, 6) is -0.965. The molecule has 1 aromatic rings. The van der Waals surface area contributed by atoms with E-state index in [-0.39, 0.29) is 5.56 Å². The highest BCUT2D eigenvalue weighted by Gasteiger charge is 2.11. The van der Waals surface area contributed by atoms with Crippen LogP contribution in [-0.4, -0.2) is 43.2 Å². The van der Waals surface area contributed by atoms with Gasteiger partial charge in [0, 0.05) is 6.54 Å². The number of nitrogen functional groups attached to an aromatic ring is 1. The molecule has 0 bridgehead atoms. The number of aromatic carboxylic acids is 1. The zero-order chi connectivity index (χ0) is 12.8. The van der Waals surface area contributed by atoms with Crippen LogP contribution in [-0.2, 0) is 0 Å². The minimum atomic E-state index is -0.965. The van der Waals surface area contributed by atoms with Gasteiger partial charge in [-0.05, 0) is 39.2 Å². The summed E-state index contributed by atoms with van der Waals surface area (Å²) in [4.78, 5) is 13.1. The Morgan fingerprint density at radius 2 is 2.18 bits per heavy atom. The number of carbonyl (C=O) groups is 1. The smallest absolute Gasteiger partial charge is 0.337 e. The number of nitrogens with zero attached hydrogens (tertiary/aromatic N) is 1. The third-order valence-electron chi connectivity index (χ3n) is 2.41. The third kappa shape index (κ3) is 3.96. The van der Waals surface area contributed by atoms with E-state index in [9.17, 15) is 4.79 Å². The SMILES string of the molecule is CN(C)CCCNc1c(N)cccc1C(=O)O. The molecule has 0 aliphatic carbocycles. The molecule has 0 aliphatic rings. The normalized spacial score (nSPS) is 10.5. The van der Waals surface area contributed by atoms with Crippen molar-refractivity contribution in [1.82, 2.24) is 4.90 Å². The van der Waals surface area contributed by atoms with Crippen molar-refractivity contribution in [1.29, 1.82) is 0 Å². The highest BCUT2D eigenvalue weighted by atomic mass is 16.4. The summed E-state index contributed by atoms with van der Waals surface area (Å²) in [6, 6.07) is 4.89. The van der Waals surface area contributed by atoms with Crippen LogP contribution in [0.25, 0.3) is 0 Å². The maximum Gasteiger partial charge on any atom is 0.337 e. The molecule has 0 heterocycles. The van der Waals surface area contributed by atoms with E-state index < -0.39 is 5.97 Å². The van der Waals surface area contributed by atoms with Gasteiger partial charge >= 0.3 is 5.97 Å². The zero-order valence-electron chi connectivity index (χ0n) is 10.2. The number of benzene rings is 1. The highest BCUT2D eigenvalue weighted by molar-refractivity contribution is 5.97. The van der Waals surface area contributed by atoms with Gasteiger partial charge in [0.15, 0.2) is 0 Å². The van der Waals surface area contributed by atoms with Crippen molar-refractivity contribution < 1.29 is 9.90 Å². The fraction of sp³-hybridized carbons (Fsp3) is 0.417.